The number of hydrogen-bond donors (Lipinski definition) is 0. The number of amides is 1. The Kier molecular flexibility index (Phi) is 5.98. The molecule has 6 nitrogen and oxygen atoms in total. The van der Waals surface area contributed by atoms with Crippen molar-refractivity contribution in [1.29, 1.82) is 0 Å². The molecule has 0 atom stereocenters. The van der Waals surface area contributed by atoms with Gasteiger partial charge in [0.2, 0.25) is 0 Å². The van der Waals surface area contributed by atoms with E-state index >= 15 is 0 Å². The summed E-state index contributed by atoms with van der Waals surface area (Å²) in [6.07, 6.45) is 1.11. The topological polar surface area (TPSA) is 60.9 Å². The van der Waals surface area contributed by atoms with Gasteiger partial charge in [0.25, 0.3) is 11.1 Å². The molecule has 0 saturated carbocycles. The number of carbonyl (C=O) groups is 1. The molecule has 4 rings (SSSR count). The number of rotatable bonds is 6. The first-order chi connectivity index (χ1) is 14.5. The molecular weight excluding hydrogens is 414 g/mol. The van der Waals surface area contributed by atoms with Crippen molar-refractivity contribution in [3.8, 4) is 16.7 Å². The normalized spacial score (nSPS) is 14.7. The molecule has 158 valence electrons. The zero-order chi connectivity index (χ0) is 21.1. The summed E-state index contributed by atoms with van der Waals surface area (Å²) in [7, 11) is 1.57. The van der Waals surface area contributed by atoms with Crippen molar-refractivity contribution in [3.63, 3.8) is 0 Å². The van der Waals surface area contributed by atoms with E-state index in [0.717, 1.165) is 17.4 Å². The second kappa shape index (κ2) is 8.83. The minimum Gasteiger partial charge on any atom is -0.497 e. The molecule has 0 N–H and O–H groups in total. The van der Waals surface area contributed by atoms with Gasteiger partial charge in [-0.05, 0) is 18.2 Å². The summed E-state index contributed by atoms with van der Waals surface area (Å²) in [6, 6.07) is 9.14. The van der Waals surface area contributed by atoms with Crippen molar-refractivity contribution in [1.82, 2.24) is 9.88 Å². The smallest absolute Gasteiger partial charge is 0.274 e. The molecule has 0 aliphatic carbocycles. The lowest BCUT2D eigenvalue weighted by Crippen LogP contribution is -2.43. The Labute approximate surface area is 176 Å². The summed E-state index contributed by atoms with van der Waals surface area (Å²) in [5.74, 6) is -0.213. The molecule has 1 aromatic heterocycles. The second-order valence-corrected chi connectivity index (χ2v) is 7.87. The van der Waals surface area contributed by atoms with Crippen molar-refractivity contribution in [2.45, 2.75) is 18.9 Å². The Hall–Kier alpha value is -2.94. The van der Waals surface area contributed by atoms with Gasteiger partial charge in [0.15, 0.2) is 12.4 Å². The van der Waals surface area contributed by atoms with Crippen LogP contribution in [0.25, 0.3) is 10.2 Å². The largest absolute Gasteiger partial charge is 0.497 e. The summed E-state index contributed by atoms with van der Waals surface area (Å²) in [4.78, 5) is 18.3. The van der Waals surface area contributed by atoms with Gasteiger partial charge in [-0.3, -0.25) is 4.79 Å². The van der Waals surface area contributed by atoms with Gasteiger partial charge in [-0.15, -0.1) is 0 Å². The Morgan fingerprint density at radius 2 is 1.97 bits per heavy atom. The van der Waals surface area contributed by atoms with Crippen molar-refractivity contribution in [2.24, 2.45) is 0 Å². The molecule has 0 unspecified atom stereocenters. The van der Waals surface area contributed by atoms with E-state index in [1.807, 2.05) is 0 Å². The highest BCUT2D eigenvalue weighted by molar-refractivity contribution is 7.20. The molecule has 0 spiro atoms. The third-order valence-electron chi connectivity index (χ3n) is 4.86. The second-order valence-electron chi connectivity index (χ2n) is 6.88. The molecule has 1 amide bonds. The molecule has 1 aliphatic rings. The lowest BCUT2D eigenvalue weighted by atomic mass is 10.1. The van der Waals surface area contributed by atoms with E-state index in [4.69, 9.17) is 14.2 Å². The molecule has 1 aliphatic heterocycles. The molecule has 2 heterocycles. The number of hydrogen-bond acceptors (Lipinski definition) is 6. The number of methoxy groups -OCH3 is 1. The third-order valence-corrected chi connectivity index (χ3v) is 5.75. The van der Waals surface area contributed by atoms with Crippen molar-refractivity contribution < 1.29 is 27.8 Å². The Morgan fingerprint density at radius 3 is 2.73 bits per heavy atom. The zero-order valence-electron chi connectivity index (χ0n) is 16.3. The molecule has 3 aromatic rings. The van der Waals surface area contributed by atoms with Crippen LogP contribution in [0.2, 0.25) is 0 Å². The van der Waals surface area contributed by atoms with Crippen LogP contribution in [-0.2, 0) is 4.79 Å². The summed E-state index contributed by atoms with van der Waals surface area (Å²) in [5.41, 5.74) is 0.110. The predicted octanol–water partition coefficient (Wildman–Crippen LogP) is 4.03. The van der Waals surface area contributed by atoms with Crippen LogP contribution in [0.5, 0.6) is 16.7 Å². The molecule has 30 heavy (non-hydrogen) atoms. The fourth-order valence-electron chi connectivity index (χ4n) is 3.28. The third kappa shape index (κ3) is 4.62. The van der Waals surface area contributed by atoms with Crippen LogP contribution in [0.3, 0.4) is 0 Å². The summed E-state index contributed by atoms with van der Waals surface area (Å²) in [6.45, 7) is 0.999. The van der Waals surface area contributed by atoms with Gasteiger partial charge in [-0.2, -0.15) is 4.98 Å². The first-order valence-corrected chi connectivity index (χ1v) is 10.3. The van der Waals surface area contributed by atoms with E-state index in [-0.39, 0.29) is 24.1 Å². The Morgan fingerprint density at radius 1 is 1.20 bits per heavy atom. The number of piperidine rings is 1. The van der Waals surface area contributed by atoms with E-state index in [1.165, 1.54) is 6.07 Å². The van der Waals surface area contributed by atoms with Gasteiger partial charge in [0, 0.05) is 38.1 Å². The van der Waals surface area contributed by atoms with Gasteiger partial charge >= 0.3 is 0 Å². The fourth-order valence-corrected chi connectivity index (χ4v) is 4.20. The highest BCUT2D eigenvalue weighted by Crippen LogP contribution is 2.32. The van der Waals surface area contributed by atoms with E-state index < -0.39 is 11.6 Å². The van der Waals surface area contributed by atoms with Crippen LogP contribution in [0.4, 0.5) is 8.78 Å². The average Bonchev–Trinajstić information content (AvgIpc) is 3.15. The van der Waals surface area contributed by atoms with E-state index in [9.17, 15) is 13.6 Å². The maximum absolute atomic E-state index is 13.8. The highest BCUT2D eigenvalue weighted by Gasteiger charge is 2.25. The zero-order valence-corrected chi connectivity index (χ0v) is 17.1. The van der Waals surface area contributed by atoms with Crippen molar-refractivity contribution in [3.05, 3.63) is 48.0 Å². The van der Waals surface area contributed by atoms with Crippen LogP contribution >= 0.6 is 11.3 Å². The number of nitrogens with zero attached hydrogens (tertiary/aromatic N) is 2. The molecular formula is C21H20F2N2O4S. The van der Waals surface area contributed by atoms with Gasteiger partial charge in [-0.1, -0.05) is 17.4 Å². The van der Waals surface area contributed by atoms with Gasteiger partial charge in [0.1, 0.15) is 28.9 Å². The minimum absolute atomic E-state index is 0.0542. The number of ether oxygens (including phenoxy) is 3. The average molecular weight is 434 g/mol. The first-order valence-electron chi connectivity index (χ1n) is 9.48. The van der Waals surface area contributed by atoms with Gasteiger partial charge in [0.05, 0.1) is 11.8 Å². The quantitative estimate of drug-likeness (QED) is 0.586. The predicted molar refractivity (Wildman–Crippen MR) is 108 cm³/mol. The van der Waals surface area contributed by atoms with E-state index in [1.54, 1.807) is 36.3 Å². The van der Waals surface area contributed by atoms with Crippen molar-refractivity contribution in [2.75, 3.05) is 26.8 Å². The molecule has 1 fully saturated rings. The summed E-state index contributed by atoms with van der Waals surface area (Å²) in [5, 5.41) is 0.306. The van der Waals surface area contributed by atoms with E-state index in [2.05, 4.69) is 4.98 Å². The number of aromatic nitrogens is 1. The molecule has 1 saturated heterocycles. The summed E-state index contributed by atoms with van der Waals surface area (Å²) >= 11 is 1.11. The van der Waals surface area contributed by atoms with Crippen LogP contribution < -0.4 is 14.2 Å². The lowest BCUT2D eigenvalue weighted by molar-refractivity contribution is -0.135. The van der Waals surface area contributed by atoms with Gasteiger partial charge in [-0.25, -0.2) is 8.78 Å². The number of likely N-dealkylation sites (tertiary alicyclic amines) is 1. The minimum atomic E-state index is -0.701. The van der Waals surface area contributed by atoms with Crippen LogP contribution in [0, 0.1) is 11.6 Å². The molecule has 2 aromatic carbocycles. The van der Waals surface area contributed by atoms with E-state index in [0.29, 0.717) is 47.3 Å². The maximum atomic E-state index is 13.8. The Balaban J connectivity index is 1.28. The summed E-state index contributed by atoms with van der Waals surface area (Å²) < 4.78 is 44.1. The molecule has 9 heteroatoms. The van der Waals surface area contributed by atoms with Crippen LogP contribution in [-0.4, -0.2) is 48.7 Å². The van der Waals surface area contributed by atoms with Crippen LogP contribution in [0.1, 0.15) is 12.8 Å². The number of thiazole rings is 1. The maximum Gasteiger partial charge on any atom is 0.274 e. The Bertz CT molecular complexity index is 1050. The number of carbonyl (C=O) groups excluding carboxylic acids is 1. The first kappa shape index (κ1) is 20.3. The fraction of sp³-hybridized carbons (Fsp3) is 0.333. The molecule has 0 radical (unpaired) electrons. The number of benzene rings is 2. The molecule has 0 bridgehead atoms. The number of fused-ring (bicyclic) bond motifs is 1. The van der Waals surface area contributed by atoms with Crippen LogP contribution in [0.15, 0.2) is 36.4 Å². The van der Waals surface area contributed by atoms with Gasteiger partial charge < -0.3 is 19.1 Å². The van der Waals surface area contributed by atoms with Crippen molar-refractivity contribution >= 4 is 27.5 Å². The SMILES string of the molecule is COc1cccc(OCC(=O)N2CCC(Oc3nc4c(F)cc(F)cc4s3)CC2)c1. The lowest BCUT2D eigenvalue weighted by Gasteiger charge is -2.31. The standard InChI is InChI=1S/C21H20F2N2O4S/c1-27-15-3-2-4-16(11-15)28-12-19(26)25-7-5-14(6-8-25)29-21-24-20-17(23)9-13(22)10-18(20)30-21/h2-4,9-11,14H,5-8,12H2,1H3. The number of halogens is 2. The monoisotopic (exact) mass is 434 g/mol. The highest BCUT2D eigenvalue weighted by atomic mass is 32.1.